The third kappa shape index (κ3) is 3.44. The van der Waals surface area contributed by atoms with Crippen LogP contribution in [0.1, 0.15) is 5.01 Å². The molecule has 3 rings (SSSR count). The number of hydrogen-bond acceptors (Lipinski definition) is 6. The highest BCUT2D eigenvalue weighted by Gasteiger charge is 2.31. The van der Waals surface area contributed by atoms with Crippen molar-refractivity contribution >= 4 is 51.8 Å². The van der Waals surface area contributed by atoms with E-state index in [1.54, 1.807) is 11.6 Å². The van der Waals surface area contributed by atoms with Crippen LogP contribution in [0.25, 0.3) is 0 Å². The summed E-state index contributed by atoms with van der Waals surface area (Å²) in [5.74, 6) is -1.10. The molecular formula is C14H10ClFN4O2S2. The van der Waals surface area contributed by atoms with Gasteiger partial charge in [-0.05, 0) is 22.6 Å². The minimum atomic E-state index is -1.74. The molecule has 24 heavy (non-hydrogen) atoms. The molecule has 1 aromatic heterocycles. The molecule has 0 spiro atoms. The van der Waals surface area contributed by atoms with E-state index in [9.17, 15) is 13.7 Å². The van der Waals surface area contributed by atoms with Crippen molar-refractivity contribution in [1.82, 2.24) is 9.29 Å². The van der Waals surface area contributed by atoms with E-state index >= 15 is 0 Å². The van der Waals surface area contributed by atoms with E-state index in [2.05, 4.69) is 14.7 Å². The summed E-state index contributed by atoms with van der Waals surface area (Å²) < 4.78 is 30.5. The Labute approximate surface area is 149 Å². The molecule has 2 heterocycles. The summed E-state index contributed by atoms with van der Waals surface area (Å²) in [6.07, 6.45) is 3.10. The van der Waals surface area contributed by atoms with E-state index in [-0.39, 0.29) is 10.7 Å². The quantitative estimate of drug-likeness (QED) is 0.825. The number of anilines is 1. The average molecular weight is 385 g/mol. The molecule has 1 unspecified atom stereocenters. The van der Waals surface area contributed by atoms with Crippen molar-refractivity contribution in [2.24, 2.45) is 4.40 Å². The van der Waals surface area contributed by atoms with Gasteiger partial charge in [0.2, 0.25) is 11.5 Å². The molecule has 0 saturated heterocycles. The molecule has 0 fully saturated rings. The molecule has 0 aliphatic carbocycles. The number of carbonyl (C=O) groups excluding carboxylic acids is 1. The van der Waals surface area contributed by atoms with Crippen LogP contribution < -0.4 is 5.32 Å². The predicted molar refractivity (Wildman–Crippen MR) is 92.7 cm³/mol. The Bertz CT molecular complexity index is 841. The molecule has 0 bridgehead atoms. The van der Waals surface area contributed by atoms with Crippen molar-refractivity contribution in [3.8, 4) is 0 Å². The van der Waals surface area contributed by atoms with Crippen molar-refractivity contribution in [3.05, 3.63) is 57.4 Å². The number of amides is 1. The van der Waals surface area contributed by atoms with Crippen LogP contribution in [0.3, 0.4) is 0 Å². The van der Waals surface area contributed by atoms with Gasteiger partial charge in [0.1, 0.15) is 10.8 Å². The summed E-state index contributed by atoms with van der Waals surface area (Å²) in [4.78, 5) is 16.6. The van der Waals surface area contributed by atoms with Gasteiger partial charge in [0.05, 0.1) is 12.1 Å². The van der Waals surface area contributed by atoms with Crippen LogP contribution in [0.5, 0.6) is 0 Å². The van der Waals surface area contributed by atoms with Crippen LogP contribution in [0.15, 0.2) is 45.9 Å². The lowest BCUT2D eigenvalue weighted by Crippen LogP contribution is -2.35. The lowest BCUT2D eigenvalue weighted by molar-refractivity contribution is -0.113. The second kappa shape index (κ2) is 6.89. The molecule has 10 heteroatoms. The zero-order valence-corrected chi connectivity index (χ0v) is 14.6. The molecule has 1 amide bonds. The Morgan fingerprint density at radius 3 is 2.96 bits per heavy atom. The van der Waals surface area contributed by atoms with Gasteiger partial charge in [-0.3, -0.25) is 4.79 Å². The lowest BCUT2D eigenvalue weighted by Gasteiger charge is -2.22. The largest absolute Gasteiger partial charge is 0.566 e. The Morgan fingerprint density at radius 2 is 2.29 bits per heavy atom. The normalized spacial score (nSPS) is 17.3. The van der Waals surface area contributed by atoms with E-state index in [1.165, 1.54) is 40.9 Å². The molecule has 1 atom stereocenters. The summed E-state index contributed by atoms with van der Waals surface area (Å²) in [6, 6.07) is 3.83. The van der Waals surface area contributed by atoms with Gasteiger partial charge < -0.3 is 9.87 Å². The number of nitrogens with zero attached hydrogens (tertiary/aromatic N) is 3. The average Bonchev–Trinajstić information content (AvgIpc) is 3.08. The minimum absolute atomic E-state index is 0.104. The number of thiazole rings is 1. The maximum Gasteiger partial charge on any atom is 0.276 e. The fourth-order valence-electron chi connectivity index (χ4n) is 1.90. The third-order valence-corrected chi connectivity index (χ3v) is 5.19. The Balaban J connectivity index is 1.87. The van der Waals surface area contributed by atoms with E-state index in [0.29, 0.717) is 16.4 Å². The highest BCUT2D eigenvalue weighted by Crippen LogP contribution is 2.23. The number of likely N-dealkylation sites (N-methyl/N-ethyl adjacent to an activating group) is 1. The van der Waals surface area contributed by atoms with Gasteiger partial charge in [-0.1, -0.05) is 11.6 Å². The number of nitrogens with one attached hydrogen (secondary N) is 1. The summed E-state index contributed by atoms with van der Waals surface area (Å²) in [5.41, 5.74) is 0.836. The number of allylic oxidation sites excluding steroid dienone is 1. The predicted octanol–water partition coefficient (Wildman–Crippen LogP) is 2.77. The van der Waals surface area contributed by atoms with Crippen molar-refractivity contribution in [1.29, 1.82) is 0 Å². The van der Waals surface area contributed by atoms with Gasteiger partial charge in [-0.15, -0.1) is 11.3 Å². The number of halogens is 2. The number of carbonyl (C=O) groups is 1. The third-order valence-electron chi connectivity index (χ3n) is 3.08. The summed E-state index contributed by atoms with van der Waals surface area (Å²) in [6.45, 7) is 0. The van der Waals surface area contributed by atoms with Crippen LogP contribution in [0, 0.1) is 5.82 Å². The Morgan fingerprint density at radius 1 is 1.50 bits per heavy atom. The molecule has 2 aromatic rings. The van der Waals surface area contributed by atoms with Gasteiger partial charge in [0.15, 0.2) is 11.4 Å². The number of hydrogen-bond donors (Lipinski definition) is 1. The van der Waals surface area contributed by atoms with Crippen LogP contribution in [-0.2, 0) is 16.3 Å². The van der Waals surface area contributed by atoms with E-state index in [1.807, 2.05) is 0 Å². The van der Waals surface area contributed by atoms with Gasteiger partial charge in [0, 0.05) is 23.3 Å². The molecule has 1 aliphatic heterocycles. The molecule has 6 nitrogen and oxygen atoms in total. The first-order chi connectivity index (χ1) is 11.5. The van der Waals surface area contributed by atoms with Crippen molar-refractivity contribution in [3.63, 3.8) is 0 Å². The van der Waals surface area contributed by atoms with E-state index in [4.69, 9.17) is 11.6 Å². The maximum absolute atomic E-state index is 13.2. The topological polar surface area (TPSA) is 80.7 Å². The second-order valence-electron chi connectivity index (χ2n) is 4.65. The smallest absolute Gasteiger partial charge is 0.276 e. The first-order valence-corrected chi connectivity index (χ1v) is 8.90. The van der Waals surface area contributed by atoms with E-state index in [0.717, 1.165) is 6.07 Å². The first-order valence-electron chi connectivity index (χ1n) is 6.58. The fourth-order valence-corrected chi connectivity index (χ4v) is 3.47. The zero-order chi connectivity index (χ0) is 17.3. The molecule has 1 aliphatic rings. The highest BCUT2D eigenvalue weighted by atomic mass is 35.5. The van der Waals surface area contributed by atoms with Crippen molar-refractivity contribution < 1.29 is 13.7 Å². The van der Waals surface area contributed by atoms with Crippen LogP contribution in [0.2, 0.25) is 5.02 Å². The monoisotopic (exact) mass is 384 g/mol. The van der Waals surface area contributed by atoms with Crippen molar-refractivity contribution in [2.45, 2.75) is 0 Å². The second-order valence-corrected chi connectivity index (χ2v) is 7.15. The SMILES string of the molecule is CN1C(C(=O)Nc2ccc(F)c(Cl)c2)=CC(c2nccs2)=N[S+]1[O-]. The highest BCUT2D eigenvalue weighted by molar-refractivity contribution is 7.88. The Kier molecular flexibility index (Phi) is 4.86. The molecular weight excluding hydrogens is 375 g/mol. The number of benzene rings is 1. The summed E-state index contributed by atoms with van der Waals surface area (Å²) >= 11 is 5.28. The number of rotatable bonds is 3. The summed E-state index contributed by atoms with van der Waals surface area (Å²) in [7, 11) is 1.49. The van der Waals surface area contributed by atoms with Crippen LogP contribution in [-0.4, -0.2) is 32.5 Å². The minimum Gasteiger partial charge on any atom is -0.566 e. The van der Waals surface area contributed by atoms with Crippen LogP contribution >= 0.6 is 22.9 Å². The molecule has 1 N–H and O–H groups in total. The maximum atomic E-state index is 13.2. The summed E-state index contributed by atoms with van der Waals surface area (Å²) in [5, 5.41) is 4.80. The standard InChI is InChI=1S/C14H10ClFN4O2S2/c1-20-12(7-11(19-24(20)22)14-17-4-5-23-14)13(21)18-8-2-3-10(16)9(15)6-8/h2-7H,1H3,(H,18,21). The van der Waals surface area contributed by atoms with Gasteiger partial charge in [0.25, 0.3) is 5.91 Å². The number of aromatic nitrogens is 1. The molecule has 1 aromatic carbocycles. The zero-order valence-electron chi connectivity index (χ0n) is 12.2. The van der Waals surface area contributed by atoms with Crippen LogP contribution in [0.4, 0.5) is 10.1 Å². The van der Waals surface area contributed by atoms with Gasteiger partial charge >= 0.3 is 0 Å². The molecule has 0 saturated carbocycles. The first kappa shape index (κ1) is 16.9. The fraction of sp³-hybridized carbons (Fsp3) is 0.0714. The molecule has 0 radical (unpaired) electrons. The lowest BCUT2D eigenvalue weighted by atomic mass is 10.2. The van der Waals surface area contributed by atoms with Crippen molar-refractivity contribution in [2.75, 3.05) is 12.4 Å². The van der Waals surface area contributed by atoms with Gasteiger partial charge in [-0.2, -0.15) is 4.31 Å². The van der Waals surface area contributed by atoms with Gasteiger partial charge in [-0.25, -0.2) is 9.37 Å². The Hall–Kier alpha value is -1.94. The van der Waals surface area contributed by atoms with E-state index < -0.39 is 23.3 Å². The molecule has 124 valence electrons.